The van der Waals surface area contributed by atoms with Crippen molar-refractivity contribution in [3.05, 3.63) is 24.3 Å². The van der Waals surface area contributed by atoms with Crippen LogP contribution >= 0.6 is 0 Å². The molecule has 0 atom stereocenters. The first kappa shape index (κ1) is 45.3. The Balaban J connectivity index is 1.64. The average molecular weight is 685 g/mol. The summed E-state index contributed by atoms with van der Waals surface area (Å²) in [6.07, 6.45) is 51.3. The van der Waals surface area contributed by atoms with Crippen LogP contribution in [0.25, 0.3) is 0 Å². The van der Waals surface area contributed by atoms with Crippen LogP contribution in [0.1, 0.15) is 238 Å². The first-order valence-electron chi connectivity index (χ1n) is 22.1. The third kappa shape index (κ3) is 34.5. The Morgan fingerprint density at radius 1 is 0.408 bits per heavy atom. The molecular formula is C45H84N2O2. The van der Waals surface area contributed by atoms with Crippen LogP contribution in [0.4, 0.5) is 10.5 Å². The van der Waals surface area contributed by atoms with Crippen LogP contribution in [-0.2, 0) is 0 Å². The number of rotatable bonds is 38. The van der Waals surface area contributed by atoms with Crippen LogP contribution in [0.3, 0.4) is 0 Å². The number of carbonyl (C=O) groups excluding carboxylic acids is 1. The number of unbranched alkanes of at least 4 members (excludes halogenated alkanes) is 35. The molecule has 4 nitrogen and oxygen atoms in total. The van der Waals surface area contributed by atoms with Gasteiger partial charge in [0.1, 0.15) is 5.75 Å². The second-order valence-corrected chi connectivity index (χ2v) is 15.3. The van der Waals surface area contributed by atoms with Crippen molar-refractivity contribution in [1.29, 1.82) is 0 Å². The van der Waals surface area contributed by atoms with Crippen LogP contribution < -0.4 is 10.6 Å². The molecule has 0 radical (unpaired) electrons. The maximum atomic E-state index is 11.9. The van der Waals surface area contributed by atoms with E-state index >= 15 is 0 Å². The minimum Gasteiger partial charge on any atom is -0.508 e. The van der Waals surface area contributed by atoms with E-state index in [1.807, 2.05) is 0 Å². The minimum absolute atomic E-state index is 0.179. The summed E-state index contributed by atoms with van der Waals surface area (Å²) in [6, 6.07) is 6.35. The molecule has 0 heterocycles. The third-order valence-electron chi connectivity index (χ3n) is 10.4. The molecule has 0 aliphatic carbocycles. The van der Waals surface area contributed by atoms with Gasteiger partial charge < -0.3 is 15.7 Å². The lowest BCUT2D eigenvalue weighted by Crippen LogP contribution is -2.29. The van der Waals surface area contributed by atoms with E-state index in [0.29, 0.717) is 12.2 Å². The molecular weight excluding hydrogens is 601 g/mol. The molecule has 0 fully saturated rings. The fourth-order valence-electron chi connectivity index (χ4n) is 7.13. The standard InChI is InChI=1S/C45H84N2O2/c1-2-3-4-5-6-7-8-9-10-11-12-13-14-15-16-17-18-19-20-21-22-23-24-25-26-27-28-29-30-31-32-33-34-35-36-37-42-46-45(49)47-43-38-40-44(48)41-39-43/h38-41,48H,2-37,42H2,1H3,(H2,46,47,49). The number of carbonyl (C=O) groups is 1. The van der Waals surface area contributed by atoms with E-state index in [4.69, 9.17) is 0 Å². The molecule has 0 aliphatic heterocycles. The van der Waals surface area contributed by atoms with Crippen LogP contribution in [-0.4, -0.2) is 17.7 Å². The Kier molecular flexibility index (Phi) is 34.7. The van der Waals surface area contributed by atoms with Gasteiger partial charge in [0, 0.05) is 12.2 Å². The molecule has 4 heteroatoms. The molecule has 0 aliphatic rings. The van der Waals surface area contributed by atoms with Gasteiger partial charge in [0.05, 0.1) is 0 Å². The normalized spacial score (nSPS) is 11.3. The Bertz CT molecular complexity index is 796. The molecule has 1 rings (SSSR count). The molecule has 286 valence electrons. The second-order valence-electron chi connectivity index (χ2n) is 15.3. The maximum absolute atomic E-state index is 11.9. The molecule has 0 aromatic heterocycles. The number of hydrogen-bond donors (Lipinski definition) is 3. The minimum atomic E-state index is -0.179. The lowest BCUT2D eigenvalue weighted by molar-refractivity contribution is 0.252. The Labute approximate surface area is 306 Å². The summed E-state index contributed by atoms with van der Waals surface area (Å²) in [7, 11) is 0. The van der Waals surface area contributed by atoms with Crippen molar-refractivity contribution < 1.29 is 9.90 Å². The number of nitrogens with one attached hydrogen (secondary N) is 2. The fraction of sp³-hybridized carbons (Fsp3) is 0.844. The van der Waals surface area contributed by atoms with Crippen LogP contribution in [0, 0.1) is 0 Å². The molecule has 0 bridgehead atoms. The van der Waals surface area contributed by atoms with Gasteiger partial charge in [0.25, 0.3) is 0 Å². The highest BCUT2D eigenvalue weighted by Gasteiger charge is 2.01. The van der Waals surface area contributed by atoms with Crippen LogP contribution in [0.5, 0.6) is 5.75 Å². The van der Waals surface area contributed by atoms with Crippen molar-refractivity contribution in [2.75, 3.05) is 11.9 Å². The zero-order valence-electron chi connectivity index (χ0n) is 32.8. The Hall–Kier alpha value is -1.71. The highest BCUT2D eigenvalue weighted by molar-refractivity contribution is 5.89. The van der Waals surface area contributed by atoms with Crippen molar-refractivity contribution in [3.63, 3.8) is 0 Å². The van der Waals surface area contributed by atoms with Gasteiger partial charge in [0.2, 0.25) is 0 Å². The first-order chi connectivity index (χ1) is 24.2. The highest BCUT2D eigenvalue weighted by atomic mass is 16.3. The van der Waals surface area contributed by atoms with Gasteiger partial charge in [-0.3, -0.25) is 0 Å². The molecule has 3 N–H and O–H groups in total. The van der Waals surface area contributed by atoms with Crippen molar-refractivity contribution in [2.45, 2.75) is 238 Å². The monoisotopic (exact) mass is 685 g/mol. The smallest absolute Gasteiger partial charge is 0.319 e. The zero-order chi connectivity index (χ0) is 35.1. The number of benzene rings is 1. The summed E-state index contributed by atoms with van der Waals surface area (Å²) in [5, 5.41) is 15.0. The highest BCUT2D eigenvalue weighted by Crippen LogP contribution is 2.18. The molecule has 49 heavy (non-hydrogen) atoms. The van der Waals surface area contributed by atoms with Gasteiger partial charge in [0.15, 0.2) is 0 Å². The van der Waals surface area contributed by atoms with Crippen molar-refractivity contribution >= 4 is 11.7 Å². The van der Waals surface area contributed by atoms with Crippen molar-refractivity contribution in [1.82, 2.24) is 5.32 Å². The molecule has 0 spiro atoms. The SMILES string of the molecule is CCCCCCCCCCCCCCCCCCCCCCCCCCCCCCCCCCCCCCNC(=O)Nc1ccc(O)cc1. The number of hydrogen-bond acceptors (Lipinski definition) is 2. The Morgan fingerprint density at radius 3 is 0.918 bits per heavy atom. The summed E-state index contributed by atoms with van der Waals surface area (Å²) < 4.78 is 0. The van der Waals surface area contributed by atoms with Gasteiger partial charge in [-0.15, -0.1) is 0 Å². The van der Waals surface area contributed by atoms with Crippen LogP contribution in [0.2, 0.25) is 0 Å². The summed E-state index contributed by atoms with van der Waals surface area (Å²) in [5.74, 6) is 0.202. The number of aromatic hydroxyl groups is 1. The Morgan fingerprint density at radius 2 is 0.653 bits per heavy atom. The van der Waals surface area contributed by atoms with E-state index in [0.717, 1.165) is 6.42 Å². The van der Waals surface area contributed by atoms with Gasteiger partial charge >= 0.3 is 6.03 Å². The van der Waals surface area contributed by atoms with Gasteiger partial charge in [-0.05, 0) is 30.7 Å². The number of urea groups is 1. The topological polar surface area (TPSA) is 61.4 Å². The van der Waals surface area contributed by atoms with Crippen molar-refractivity contribution in [3.8, 4) is 5.75 Å². The van der Waals surface area contributed by atoms with E-state index in [-0.39, 0.29) is 11.8 Å². The number of phenols is 1. The summed E-state index contributed by atoms with van der Waals surface area (Å²) in [4.78, 5) is 11.9. The van der Waals surface area contributed by atoms with Gasteiger partial charge in [-0.25, -0.2) is 4.79 Å². The predicted molar refractivity (Wildman–Crippen MR) is 217 cm³/mol. The third-order valence-corrected chi connectivity index (χ3v) is 10.4. The molecule has 1 aromatic carbocycles. The summed E-state index contributed by atoms with van der Waals surface area (Å²) in [5.41, 5.74) is 0.692. The number of phenolic OH excluding ortho intramolecular Hbond substituents is 1. The van der Waals surface area contributed by atoms with E-state index < -0.39 is 0 Å². The maximum Gasteiger partial charge on any atom is 0.319 e. The quantitative estimate of drug-likeness (QED) is 0.0479. The molecule has 0 unspecified atom stereocenters. The van der Waals surface area contributed by atoms with Gasteiger partial charge in [-0.1, -0.05) is 232 Å². The molecule has 0 saturated heterocycles. The van der Waals surface area contributed by atoms with Crippen LogP contribution in [0.15, 0.2) is 24.3 Å². The summed E-state index contributed by atoms with van der Waals surface area (Å²) >= 11 is 0. The lowest BCUT2D eigenvalue weighted by Gasteiger charge is -2.07. The molecule has 0 saturated carbocycles. The van der Waals surface area contributed by atoms with E-state index in [1.54, 1.807) is 24.3 Å². The lowest BCUT2D eigenvalue weighted by atomic mass is 10.0. The van der Waals surface area contributed by atoms with E-state index in [2.05, 4.69) is 17.6 Å². The predicted octanol–water partition coefficient (Wildman–Crippen LogP) is 15.6. The molecule has 2 amide bonds. The van der Waals surface area contributed by atoms with Gasteiger partial charge in [-0.2, -0.15) is 0 Å². The van der Waals surface area contributed by atoms with E-state index in [9.17, 15) is 9.90 Å². The number of anilines is 1. The fourth-order valence-corrected chi connectivity index (χ4v) is 7.13. The van der Waals surface area contributed by atoms with E-state index in [1.165, 1.54) is 225 Å². The average Bonchev–Trinajstić information content (AvgIpc) is 3.10. The first-order valence-corrected chi connectivity index (χ1v) is 22.1. The molecule has 1 aromatic rings. The second kappa shape index (κ2) is 37.5. The van der Waals surface area contributed by atoms with Crippen molar-refractivity contribution in [2.24, 2.45) is 0 Å². The summed E-state index contributed by atoms with van der Waals surface area (Å²) in [6.45, 7) is 3.02. The zero-order valence-corrected chi connectivity index (χ0v) is 32.8. The largest absolute Gasteiger partial charge is 0.508 e. The number of amides is 2.